The van der Waals surface area contributed by atoms with Crippen LogP contribution in [0.15, 0.2) is 27.8 Å². The van der Waals surface area contributed by atoms with E-state index in [1.807, 2.05) is 0 Å². The van der Waals surface area contributed by atoms with Crippen LogP contribution in [0.3, 0.4) is 0 Å². The zero-order valence-corrected chi connectivity index (χ0v) is 9.57. The summed E-state index contributed by atoms with van der Waals surface area (Å²) in [6, 6.07) is 4.70. The Bertz CT molecular complexity index is 573. The Balaban J connectivity index is 0.000000980. The second-order valence-corrected chi connectivity index (χ2v) is 2.63. The minimum atomic E-state index is -0.470. The molecule has 6 heteroatoms. The Morgan fingerprint density at radius 3 is 2.64 bits per heavy atom. The zero-order chi connectivity index (χ0) is 9.42. The normalized spacial score (nSPS) is 9.71. The number of aromatic nitrogens is 2. The largest absolute Gasteiger partial charge is 1.00 e. The van der Waals surface area contributed by atoms with Gasteiger partial charge >= 0.3 is 29.6 Å². The van der Waals surface area contributed by atoms with Crippen LogP contribution in [0, 0.1) is 0 Å². The molecule has 0 amide bonds. The van der Waals surface area contributed by atoms with Crippen LogP contribution in [0.2, 0.25) is 0 Å². The second-order valence-electron chi connectivity index (χ2n) is 2.63. The van der Waals surface area contributed by atoms with Crippen LogP contribution in [-0.4, -0.2) is 5.10 Å². The van der Waals surface area contributed by atoms with Crippen LogP contribution in [0.4, 0.5) is 5.69 Å². The smallest absolute Gasteiger partial charge is 0.560 e. The van der Waals surface area contributed by atoms with Crippen molar-refractivity contribution in [3.63, 3.8) is 0 Å². The average Bonchev–Trinajstić information content (AvgIpc) is 2.12. The quantitative estimate of drug-likeness (QED) is 0.344. The zero-order valence-electron chi connectivity index (χ0n) is 7.57. The summed E-state index contributed by atoms with van der Waals surface area (Å²) in [4.78, 5) is 22.4. The molecule has 0 saturated carbocycles. The Morgan fingerprint density at radius 2 is 2.00 bits per heavy atom. The van der Waals surface area contributed by atoms with Crippen LogP contribution in [0.25, 0.3) is 10.8 Å². The van der Waals surface area contributed by atoms with E-state index in [9.17, 15) is 9.59 Å². The molecule has 0 aliphatic carbocycles. The van der Waals surface area contributed by atoms with Gasteiger partial charge in [-0.3, -0.25) is 4.79 Å². The van der Waals surface area contributed by atoms with Crippen LogP contribution >= 0.6 is 0 Å². The first kappa shape index (κ1) is 11.0. The van der Waals surface area contributed by atoms with E-state index >= 15 is 0 Å². The second kappa shape index (κ2) is 4.00. The molecule has 0 spiro atoms. The van der Waals surface area contributed by atoms with E-state index in [4.69, 9.17) is 5.73 Å². The first-order valence-corrected chi connectivity index (χ1v) is 3.64. The van der Waals surface area contributed by atoms with E-state index in [2.05, 4.69) is 10.2 Å². The molecule has 0 atom stereocenters. The van der Waals surface area contributed by atoms with E-state index in [1.54, 1.807) is 12.1 Å². The Kier molecular flexibility index (Phi) is 3.15. The van der Waals surface area contributed by atoms with Crippen molar-refractivity contribution in [1.82, 2.24) is 10.2 Å². The molecule has 1 aromatic carbocycles. The summed E-state index contributed by atoms with van der Waals surface area (Å²) in [6.45, 7) is 0. The molecule has 0 saturated heterocycles. The molecule has 1 heterocycles. The number of fused-ring (bicyclic) bond motifs is 1. The fourth-order valence-corrected chi connectivity index (χ4v) is 1.22. The molecule has 66 valence electrons. The number of nitrogens with one attached hydrogen (secondary N) is 1. The van der Waals surface area contributed by atoms with Crippen LogP contribution in [0.1, 0.15) is 0 Å². The van der Waals surface area contributed by atoms with Gasteiger partial charge in [0.25, 0.3) is 0 Å². The van der Waals surface area contributed by atoms with Gasteiger partial charge < -0.3 is 20.7 Å². The van der Waals surface area contributed by atoms with Crippen molar-refractivity contribution < 1.29 is 29.6 Å². The molecule has 1 aromatic heterocycles. The summed E-state index contributed by atoms with van der Waals surface area (Å²) in [5.74, 6) is 0. The van der Waals surface area contributed by atoms with Crippen molar-refractivity contribution in [2.24, 2.45) is 0 Å². The third kappa shape index (κ3) is 1.61. The summed E-state index contributed by atoms with van der Waals surface area (Å²) >= 11 is 0. The third-order valence-corrected chi connectivity index (χ3v) is 1.81. The molecule has 14 heavy (non-hydrogen) atoms. The van der Waals surface area contributed by atoms with Gasteiger partial charge in [-0.25, -0.2) is 0 Å². The summed E-state index contributed by atoms with van der Waals surface area (Å²) in [5, 5.41) is 5.85. The SMILES string of the molecule is N[13c]1[13cH][13cH][13cH][13c]2c(=O)[n-][nH]c(=O)[13c]12.[Na+]. The molecule has 0 unspecified atom stereocenters. The Labute approximate surface area is 101 Å². The number of anilines is 1. The fourth-order valence-electron chi connectivity index (χ4n) is 1.22. The Hall–Kier alpha value is -1.04. The van der Waals surface area contributed by atoms with Gasteiger partial charge in [0.05, 0.1) is 10.9 Å². The molecule has 2 aromatic rings. The number of hydrogen-bond donors (Lipinski definition) is 2. The molecule has 0 bridgehead atoms. The van der Waals surface area contributed by atoms with Gasteiger partial charge in [0, 0.05) is 11.1 Å². The van der Waals surface area contributed by atoms with Gasteiger partial charge in [-0.2, -0.15) is 0 Å². The molecule has 0 aliphatic heterocycles. The molecular formula is C8H6N3NaO2. The number of nitrogens with two attached hydrogens (primary N) is 1. The number of nitrogens with zero attached hydrogens (tertiary/aromatic N) is 1. The van der Waals surface area contributed by atoms with E-state index in [0.717, 1.165) is 0 Å². The maximum absolute atomic E-state index is 11.2. The number of rotatable bonds is 0. The molecular weight excluding hydrogens is 199 g/mol. The van der Waals surface area contributed by atoms with Gasteiger partial charge in [0.1, 0.15) is 0 Å². The fraction of sp³-hybridized carbons (Fsp3) is 0. The van der Waals surface area contributed by atoms with Crippen molar-refractivity contribution in [2.75, 3.05) is 5.73 Å². The number of H-pyrrole nitrogens is 1. The number of hydrogen-bond acceptors (Lipinski definition) is 3. The van der Waals surface area contributed by atoms with Crippen LogP contribution in [-0.2, 0) is 0 Å². The van der Waals surface area contributed by atoms with Crippen molar-refractivity contribution in [3.05, 3.63) is 38.9 Å². The van der Waals surface area contributed by atoms with E-state index in [0.29, 0.717) is 5.69 Å². The summed E-state index contributed by atoms with van der Waals surface area (Å²) < 4.78 is 0. The number of benzene rings is 1. The van der Waals surface area contributed by atoms with Gasteiger partial charge in [0.15, 0.2) is 0 Å². The molecule has 5 nitrogen and oxygen atoms in total. The minimum absolute atomic E-state index is 0. The minimum Gasteiger partial charge on any atom is -0.560 e. The average molecular weight is 205 g/mol. The summed E-state index contributed by atoms with van der Waals surface area (Å²) in [6.07, 6.45) is 0. The first-order valence-electron chi connectivity index (χ1n) is 3.64. The van der Waals surface area contributed by atoms with E-state index < -0.39 is 11.1 Å². The van der Waals surface area contributed by atoms with Crippen molar-refractivity contribution in [1.29, 1.82) is 0 Å². The van der Waals surface area contributed by atoms with Gasteiger partial charge in [-0.1, -0.05) is 12.1 Å². The van der Waals surface area contributed by atoms with Crippen LogP contribution < -0.4 is 51.5 Å². The number of aromatic amines is 1. The van der Waals surface area contributed by atoms with Gasteiger partial charge in [-0.15, -0.1) is 0 Å². The van der Waals surface area contributed by atoms with Crippen LogP contribution in [0.5, 0.6) is 0 Å². The molecule has 3 N–H and O–H groups in total. The topological polar surface area (TPSA) is 90.1 Å². The molecule has 0 fully saturated rings. The number of nitrogen functional groups attached to an aromatic ring is 1. The van der Waals surface area contributed by atoms with Crippen molar-refractivity contribution >= 4 is 16.5 Å². The van der Waals surface area contributed by atoms with Gasteiger partial charge in [0.2, 0.25) is 5.56 Å². The Morgan fingerprint density at radius 1 is 1.29 bits per heavy atom. The first-order chi connectivity index (χ1) is 6.20. The maximum atomic E-state index is 11.2. The van der Waals surface area contributed by atoms with Gasteiger partial charge in [-0.05, 0) is 6.07 Å². The van der Waals surface area contributed by atoms with Crippen molar-refractivity contribution in [2.45, 2.75) is 0 Å². The monoisotopic (exact) mass is 205 g/mol. The molecule has 0 aliphatic rings. The predicted molar refractivity (Wildman–Crippen MR) is 48.6 cm³/mol. The standard InChI is InChI=1S/C8H7N3O2.Na/c9-5-3-1-2-4-6(5)8(13)11-10-7(4)12;/h1-3H,(H4,9,10,11,12,13);/q;+1/p-1/i1+1,2+1,3+1,4+1,5+1,6+1;. The molecule has 0 radical (unpaired) electrons. The third-order valence-electron chi connectivity index (χ3n) is 1.81. The predicted octanol–water partition coefficient (Wildman–Crippen LogP) is -3.57. The maximum Gasteiger partial charge on any atom is 1.00 e. The summed E-state index contributed by atoms with van der Waals surface area (Å²) in [5.41, 5.74) is 4.92. The van der Waals surface area contributed by atoms with Crippen molar-refractivity contribution in [3.8, 4) is 0 Å². The van der Waals surface area contributed by atoms with E-state index in [1.165, 1.54) is 6.07 Å². The summed E-state index contributed by atoms with van der Waals surface area (Å²) in [7, 11) is 0. The van der Waals surface area contributed by atoms with E-state index in [-0.39, 0.29) is 40.3 Å². The molecule has 2 rings (SSSR count).